The average molecular weight is 433 g/mol. The van der Waals surface area contributed by atoms with Crippen molar-refractivity contribution in [2.75, 3.05) is 32.7 Å². The summed E-state index contributed by atoms with van der Waals surface area (Å²) in [5.41, 5.74) is 1.13. The van der Waals surface area contributed by atoms with Gasteiger partial charge in [0.05, 0.1) is 4.90 Å². The Balaban J connectivity index is 0.00000210. The van der Waals surface area contributed by atoms with Crippen molar-refractivity contribution in [1.82, 2.24) is 9.80 Å². The Kier molecular flexibility index (Phi) is 7.04. The Morgan fingerprint density at radius 2 is 1.63 bits per heavy atom. The van der Waals surface area contributed by atoms with Gasteiger partial charge in [-0.2, -0.15) is 0 Å². The van der Waals surface area contributed by atoms with Gasteiger partial charge in [0.1, 0.15) is 0 Å². The number of hydrogen-bond donors (Lipinski definition) is 1. The van der Waals surface area contributed by atoms with E-state index < -0.39 is 10.0 Å². The molecule has 0 amide bonds. The maximum Gasteiger partial charge on any atom is 0.238 e. The summed E-state index contributed by atoms with van der Waals surface area (Å²) in [4.78, 5) is 5.59. The normalized spacial score (nSPS) is 27.9. The molecule has 152 valence electrons. The number of piperazine rings is 1. The average Bonchev–Trinajstić information content (AvgIpc) is 3.46. The molecule has 5 nitrogen and oxygen atoms in total. The molecule has 2 saturated carbocycles. The number of primary sulfonamides is 1. The van der Waals surface area contributed by atoms with Crippen molar-refractivity contribution in [3.05, 3.63) is 29.8 Å². The molecule has 1 aromatic carbocycles. The summed E-state index contributed by atoms with van der Waals surface area (Å²) in [7, 11) is -3.61. The summed E-state index contributed by atoms with van der Waals surface area (Å²) in [6, 6.07) is 7.94. The number of rotatable bonds is 5. The molecule has 2 aliphatic carbocycles. The Bertz CT molecular complexity index is 722. The first kappa shape index (κ1) is 21.3. The van der Waals surface area contributed by atoms with Crippen molar-refractivity contribution in [3.63, 3.8) is 0 Å². The quantitative estimate of drug-likeness (QED) is 0.725. The number of nitrogens with zero attached hydrogens (tertiary/aromatic N) is 2. The van der Waals surface area contributed by atoms with Crippen LogP contribution in [-0.4, -0.2) is 57.0 Å². The molecule has 3 fully saturated rings. The zero-order valence-electron chi connectivity index (χ0n) is 15.9. The van der Waals surface area contributed by atoms with Gasteiger partial charge in [-0.05, 0) is 68.1 Å². The molecule has 0 aromatic heterocycles. The molecule has 0 spiro atoms. The van der Waals surface area contributed by atoms with Crippen LogP contribution in [0, 0.1) is 5.92 Å². The fourth-order valence-electron chi connectivity index (χ4n) is 4.70. The monoisotopic (exact) mass is 433 g/mol. The van der Waals surface area contributed by atoms with Crippen LogP contribution in [-0.2, 0) is 27.1 Å². The molecule has 1 saturated heterocycles. The predicted octanol–water partition coefficient (Wildman–Crippen LogP) is 2.39. The maximum absolute atomic E-state index is 11.6. The van der Waals surface area contributed by atoms with Gasteiger partial charge in [0.2, 0.25) is 10.0 Å². The van der Waals surface area contributed by atoms with Gasteiger partial charge in [-0.3, -0.25) is 4.90 Å². The molecule has 0 bridgehead atoms. The van der Waals surface area contributed by atoms with Crippen LogP contribution in [0.15, 0.2) is 29.2 Å². The van der Waals surface area contributed by atoms with Gasteiger partial charge in [0.15, 0.2) is 0 Å². The smallest absolute Gasteiger partial charge is 0.238 e. The molecule has 0 radical (unpaired) electrons. The molecule has 27 heavy (non-hydrogen) atoms. The van der Waals surface area contributed by atoms with Crippen LogP contribution >= 0.6 is 0 Å². The van der Waals surface area contributed by atoms with Crippen LogP contribution in [0.1, 0.15) is 50.0 Å². The van der Waals surface area contributed by atoms with Crippen molar-refractivity contribution in [2.45, 2.75) is 55.4 Å². The van der Waals surface area contributed by atoms with Gasteiger partial charge in [-0.25, -0.2) is 13.6 Å². The topological polar surface area (TPSA) is 66.6 Å². The van der Waals surface area contributed by atoms with Crippen molar-refractivity contribution >= 4 is 10.0 Å². The summed E-state index contributed by atoms with van der Waals surface area (Å²) in [6.45, 7) is 6.20. The van der Waals surface area contributed by atoms with Gasteiger partial charge in [-0.15, -0.1) is 0 Å². The van der Waals surface area contributed by atoms with E-state index in [-0.39, 0.29) is 22.0 Å². The van der Waals surface area contributed by atoms with E-state index in [1.165, 1.54) is 58.4 Å². The van der Waals surface area contributed by atoms with E-state index in [2.05, 4.69) is 15.9 Å². The third kappa shape index (κ3) is 5.55. The molecular weight excluding hydrogens is 402 g/mol. The van der Waals surface area contributed by atoms with Crippen LogP contribution in [0.2, 0.25) is 0 Å². The van der Waals surface area contributed by atoms with Gasteiger partial charge < -0.3 is 4.90 Å². The Labute approximate surface area is 174 Å². The standard InChI is InChI=1S/C20H31N3O2S.Fe/c21-26(24,25)20-3-1-2-18(14-20)17-6-8-19(9-7-17)23-12-10-22(11-13-23)15-16-4-5-16;/h1-3,14,16-17,19H,4-13,15H2,(H2,21,24,25);. The van der Waals surface area contributed by atoms with Crippen LogP contribution < -0.4 is 5.14 Å². The van der Waals surface area contributed by atoms with E-state index in [0.717, 1.165) is 24.3 Å². The first-order valence-electron chi connectivity index (χ1n) is 10.1. The van der Waals surface area contributed by atoms with Gasteiger partial charge >= 0.3 is 0 Å². The van der Waals surface area contributed by atoms with Crippen molar-refractivity contribution in [1.29, 1.82) is 0 Å². The Hall–Kier alpha value is -0.431. The van der Waals surface area contributed by atoms with Gasteiger partial charge in [-0.1, -0.05) is 12.1 Å². The zero-order chi connectivity index (χ0) is 18.1. The molecule has 1 heterocycles. The largest absolute Gasteiger partial charge is 0.301 e. The van der Waals surface area contributed by atoms with E-state index >= 15 is 0 Å². The third-order valence-corrected chi connectivity index (χ3v) is 7.40. The molecule has 0 atom stereocenters. The maximum atomic E-state index is 11.6. The Morgan fingerprint density at radius 3 is 2.22 bits per heavy atom. The Morgan fingerprint density at radius 1 is 0.963 bits per heavy atom. The van der Waals surface area contributed by atoms with E-state index in [9.17, 15) is 8.42 Å². The molecule has 1 aliphatic heterocycles. The minimum Gasteiger partial charge on any atom is -0.301 e. The van der Waals surface area contributed by atoms with Crippen LogP contribution in [0.3, 0.4) is 0 Å². The fraction of sp³-hybridized carbons (Fsp3) is 0.700. The number of nitrogens with two attached hydrogens (primary N) is 1. The molecule has 4 rings (SSSR count). The SMILES string of the molecule is NS(=O)(=O)c1cccc(C2CCC(N3CCN(CC4CC4)CC3)CC2)c1.[Fe]. The second-order valence-electron chi connectivity index (χ2n) is 8.40. The van der Waals surface area contributed by atoms with Gasteiger partial charge in [0.25, 0.3) is 0 Å². The second kappa shape index (κ2) is 8.93. The van der Waals surface area contributed by atoms with Crippen molar-refractivity contribution < 1.29 is 25.5 Å². The number of sulfonamides is 1. The predicted molar refractivity (Wildman–Crippen MR) is 104 cm³/mol. The zero-order valence-corrected chi connectivity index (χ0v) is 17.8. The van der Waals surface area contributed by atoms with Crippen molar-refractivity contribution in [2.24, 2.45) is 11.1 Å². The second-order valence-corrected chi connectivity index (χ2v) is 9.96. The van der Waals surface area contributed by atoms with Crippen LogP contribution in [0.25, 0.3) is 0 Å². The van der Waals surface area contributed by atoms with E-state index in [4.69, 9.17) is 5.14 Å². The first-order valence-corrected chi connectivity index (χ1v) is 11.6. The number of hydrogen-bond acceptors (Lipinski definition) is 4. The number of benzene rings is 1. The summed E-state index contributed by atoms with van der Waals surface area (Å²) < 4.78 is 23.2. The van der Waals surface area contributed by atoms with Crippen molar-refractivity contribution in [3.8, 4) is 0 Å². The molecule has 0 unspecified atom stereocenters. The molecular formula is C20H31FeN3O2S. The first-order chi connectivity index (χ1) is 12.5. The molecule has 3 aliphatic rings. The van der Waals surface area contributed by atoms with Gasteiger partial charge in [0, 0.05) is 55.8 Å². The van der Waals surface area contributed by atoms with E-state index in [1.807, 2.05) is 6.07 Å². The minimum absolute atomic E-state index is 0. The minimum atomic E-state index is -3.61. The molecule has 1 aromatic rings. The molecule has 2 N–H and O–H groups in total. The fourth-order valence-corrected chi connectivity index (χ4v) is 5.26. The summed E-state index contributed by atoms with van der Waals surface area (Å²) in [5.74, 6) is 1.45. The molecule has 7 heteroatoms. The summed E-state index contributed by atoms with van der Waals surface area (Å²) >= 11 is 0. The van der Waals surface area contributed by atoms with Crippen LogP contribution in [0.4, 0.5) is 0 Å². The summed E-state index contributed by atoms with van der Waals surface area (Å²) in [5, 5.41) is 5.28. The third-order valence-electron chi connectivity index (χ3n) is 6.49. The van der Waals surface area contributed by atoms with E-state index in [1.54, 1.807) is 12.1 Å². The summed E-state index contributed by atoms with van der Waals surface area (Å²) in [6.07, 6.45) is 7.59. The van der Waals surface area contributed by atoms with Crippen LogP contribution in [0.5, 0.6) is 0 Å². The van der Waals surface area contributed by atoms with E-state index in [0.29, 0.717) is 12.0 Å².